The summed E-state index contributed by atoms with van der Waals surface area (Å²) in [6, 6.07) is 2.05. The van der Waals surface area contributed by atoms with Gasteiger partial charge in [0.05, 0.1) is 10.2 Å². The van der Waals surface area contributed by atoms with Crippen LogP contribution in [0.1, 0.15) is 24.2 Å². The van der Waals surface area contributed by atoms with Crippen LogP contribution in [0.3, 0.4) is 0 Å². The summed E-state index contributed by atoms with van der Waals surface area (Å²) in [6.45, 7) is 7.55. The molecule has 116 valence electrons. The molecule has 0 saturated carbocycles. The van der Waals surface area contributed by atoms with E-state index in [4.69, 9.17) is 4.42 Å². The molecule has 3 aromatic rings. The average Bonchev–Trinajstić information content (AvgIpc) is 3.16. The van der Waals surface area contributed by atoms with Crippen molar-refractivity contribution < 1.29 is 4.42 Å². The van der Waals surface area contributed by atoms with Gasteiger partial charge in [-0.15, -0.1) is 10.2 Å². The smallest absolute Gasteiger partial charge is 0.269 e. The third-order valence-electron chi connectivity index (χ3n) is 3.35. The molecule has 3 rings (SSSR count). The van der Waals surface area contributed by atoms with E-state index in [0.29, 0.717) is 30.4 Å². The van der Waals surface area contributed by atoms with E-state index in [-0.39, 0.29) is 0 Å². The molecule has 0 aliphatic rings. The van der Waals surface area contributed by atoms with Gasteiger partial charge in [0, 0.05) is 31.4 Å². The maximum atomic E-state index is 5.71. The topological polar surface area (TPSA) is 74.6 Å². The van der Waals surface area contributed by atoms with Gasteiger partial charge in [-0.25, -0.2) is 0 Å². The fourth-order valence-electron chi connectivity index (χ4n) is 2.26. The van der Waals surface area contributed by atoms with Crippen LogP contribution >= 0.6 is 15.9 Å². The van der Waals surface area contributed by atoms with E-state index >= 15 is 0 Å². The number of halogens is 1. The van der Waals surface area contributed by atoms with Crippen LogP contribution in [-0.4, -0.2) is 29.8 Å². The fraction of sp³-hybridized carbons (Fsp3) is 0.429. The van der Waals surface area contributed by atoms with E-state index in [1.54, 1.807) is 0 Å². The van der Waals surface area contributed by atoms with E-state index in [9.17, 15) is 0 Å². The maximum Gasteiger partial charge on any atom is 0.269 e. The highest BCUT2D eigenvalue weighted by Gasteiger charge is 2.16. The summed E-state index contributed by atoms with van der Waals surface area (Å²) in [6.07, 6.45) is 2.54. The van der Waals surface area contributed by atoms with Crippen LogP contribution in [0.5, 0.6) is 0 Å². The lowest BCUT2D eigenvalue weighted by atomic mass is 10.4. The number of aryl methyl sites for hydroxylation is 5. The predicted octanol–water partition coefficient (Wildman–Crippen LogP) is 2.77. The average molecular weight is 365 g/mol. The molecule has 0 radical (unpaired) electrons. The minimum atomic E-state index is 0.433. The Morgan fingerprint density at radius 1 is 1.23 bits per heavy atom. The van der Waals surface area contributed by atoms with E-state index in [0.717, 1.165) is 22.4 Å². The van der Waals surface area contributed by atoms with Crippen molar-refractivity contribution in [3.8, 4) is 11.6 Å². The maximum absolute atomic E-state index is 5.71. The number of hydrogen-bond donors (Lipinski definition) is 0. The van der Waals surface area contributed by atoms with Gasteiger partial charge in [-0.05, 0) is 42.8 Å². The third-order valence-corrected chi connectivity index (χ3v) is 3.93. The van der Waals surface area contributed by atoms with Crippen molar-refractivity contribution in [1.29, 1.82) is 0 Å². The third kappa shape index (κ3) is 2.96. The molecule has 0 aliphatic heterocycles. The van der Waals surface area contributed by atoms with E-state index in [1.165, 1.54) is 0 Å². The first-order chi connectivity index (χ1) is 10.6. The molecule has 0 spiro atoms. The molecule has 22 heavy (non-hydrogen) atoms. The van der Waals surface area contributed by atoms with Crippen molar-refractivity contribution in [2.75, 3.05) is 0 Å². The van der Waals surface area contributed by atoms with Gasteiger partial charge in [0.25, 0.3) is 5.89 Å². The molecule has 3 heterocycles. The van der Waals surface area contributed by atoms with E-state index in [2.05, 4.69) is 36.3 Å². The van der Waals surface area contributed by atoms with Crippen molar-refractivity contribution in [3.05, 3.63) is 34.0 Å². The summed E-state index contributed by atoms with van der Waals surface area (Å²) >= 11 is 3.47. The molecule has 0 aliphatic carbocycles. The Balaban J connectivity index is 1.73. The Morgan fingerprint density at radius 3 is 2.68 bits per heavy atom. The van der Waals surface area contributed by atoms with Gasteiger partial charge in [0.1, 0.15) is 0 Å². The number of nitrogens with zero attached hydrogens (tertiary/aromatic N) is 6. The van der Waals surface area contributed by atoms with Crippen molar-refractivity contribution in [3.63, 3.8) is 0 Å². The lowest BCUT2D eigenvalue weighted by molar-refractivity contribution is 0.469. The fourth-order valence-corrected chi connectivity index (χ4v) is 2.74. The molecular weight excluding hydrogens is 348 g/mol. The molecule has 8 heteroatoms. The monoisotopic (exact) mass is 364 g/mol. The molecule has 0 atom stereocenters. The minimum Gasteiger partial charge on any atom is -0.419 e. The van der Waals surface area contributed by atoms with Gasteiger partial charge in [-0.2, -0.15) is 10.2 Å². The molecule has 0 N–H and O–H groups in total. The van der Waals surface area contributed by atoms with Gasteiger partial charge in [0.2, 0.25) is 5.89 Å². The Morgan fingerprint density at radius 2 is 2.05 bits per heavy atom. The van der Waals surface area contributed by atoms with E-state index < -0.39 is 0 Å². The number of hydrogen-bond acceptors (Lipinski definition) is 5. The van der Waals surface area contributed by atoms with Crippen molar-refractivity contribution in [2.45, 2.75) is 40.3 Å². The largest absolute Gasteiger partial charge is 0.419 e. The highest BCUT2D eigenvalue weighted by atomic mass is 79.9. The highest BCUT2D eigenvalue weighted by Crippen LogP contribution is 2.25. The summed E-state index contributed by atoms with van der Waals surface area (Å²) in [5, 5.41) is 17.0. The van der Waals surface area contributed by atoms with Crippen LogP contribution in [-0.2, 0) is 19.5 Å². The first-order valence-electron chi connectivity index (χ1n) is 7.13. The van der Waals surface area contributed by atoms with Crippen LogP contribution < -0.4 is 0 Å². The van der Waals surface area contributed by atoms with Gasteiger partial charge < -0.3 is 4.42 Å². The van der Waals surface area contributed by atoms with Gasteiger partial charge in [0.15, 0.2) is 5.69 Å². The van der Waals surface area contributed by atoms with Crippen LogP contribution in [0, 0.1) is 13.8 Å². The van der Waals surface area contributed by atoms with Crippen LogP contribution in [0.25, 0.3) is 11.6 Å². The van der Waals surface area contributed by atoms with E-state index in [1.807, 2.05) is 42.4 Å². The summed E-state index contributed by atoms with van der Waals surface area (Å²) < 4.78 is 10.3. The summed E-state index contributed by atoms with van der Waals surface area (Å²) in [5.41, 5.74) is 2.81. The Labute approximate surface area is 136 Å². The summed E-state index contributed by atoms with van der Waals surface area (Å²) in [7, 11) is 0. The normalized spacial score (nSPS) is 11.3. The molecule has 7 nitrogen and oxygen atoms in total. The predicted molar refractivity (Wildman–Crippen MR) is 84.3 cm³/mol. The van der Waals surface area contributed by atoms with Crippen LogP contribution in [0.4, 0.5) is 0 Å². The molecule has 0 amide bonds. The highest BCUT2D eigenvalue weighted by molar-refractivity contribution is 9.10. The zero-order valence-corrected chi connectivity index (χ0v) is 14.3. The Bertz CT molecular complexity index is 787. The van der Waals surface area contributed by atoms with Crippen molar-refractivity contribution in [2.24, 2.45) is 0 Å². The van der Waals surface area contributed by atoms with Crippen LogP contribution in [0.2, 0.25) is 0 Å². The second kappa shape index (κ2) is 6.04. The molecule has 0 unspecified atom stereocenters. The van der Waals surface area contributed by atoms with Crippen molar-refractivity contribution in [1.82, 2.24) is 29.8 Å². The molecule has 0 saturated heterocycles. The molecular formula is C14H17BrN6O. The molecule has 0 aromatic carbocycles. The van der Waals surface area contributed by atoms with Gasteiger partial charge in [-0.3, -0.25) is 9.36 Å². The standard InChI is InChI=1S/C14H17BrN6O/c1-4-20-8-11(15)13(19-20)14-17-16-12(22-14)5-6-21-10(3)7-9(2)18-21/h7-8H,4-6H2,1-3H3. The zero-order chi connectivity index (χ0) is 15.7. The van der Waals surface area contributed by atoms with Gasteiger partial charge >= 0.3 is 0 Å². The number of rotatable bonds is 5. The van der Waals surface area contributed by atoms with Crippen LogP contribution in [0.15, 0.2) is 21.2 Å². The first kappa shape index (κ1) is 15.0. The molecule has 0 fully saturated rings. The lowest BCUT2D eigenvalue weighted by Gasteiger charge is -2.00. The second-order valence-electron chi connectivity index (χ2n) is 5.08. The SMILES string of the molecule is CCn1cc(Br)c(-c2nnc(CCn3nc(C)cc3C)o2)n1. The zero-order valence-electron chi connectivity index (χ0n) is 12.7. The quantitative estimate of drug-likeness (QED) is 0.695. The lowest BCUT2D eigenvalue weighted by Crippen LogP contribution is -2.05. The minimum absolute atomic E-state index is 0.433. The Hall–Kier alpha value is -1.96. The molecule has 0 bridgehead atoms. The van der Waals surface area contributed by atoms with Crippen molar-refractivity contribution >= 4 is 15.9 Å². The second-order valence-corrected chi connectivity index (χ2v) is 5.94. The Kier molecular flexibility index (Phi) is 4.10. The summed E-state index contributed by atoms with van der Waals surface area (Å²) in [5.74, 6) is 1.02. The molecule has 3 aromatic heterocycles. The number of aromatic nitrogens is 6. The summed E-state index contributed by atoms with van der Waals surface area (Å²) in [4.78, 5) is 0. The van der Waals surface area contributed by atoms with Gasteiger partial charge in [-0.1, -0.05) is 0 Å². The first-order valence-corrected chi connectivity index (χ1v) is 7.93.